The maximum atomic E-state index is 14.1. The standard InChI is InChI=1S/C38H50N6O7/c1-2-27-23-26(7-8-33(27)45)24-34(36(47)42-18-11-29(12-19-42)28-9-16-41(17-10-28)25-35(46)40-50)51-38(49)43-20-14-31(15-21-43)44-22-13-30-5-3-4-6-32(30)39-37(44)48/h2-8,23,28-29,31,34,45,50H,1,9-22,24-25H2,(H,39,48)(H,40,46)/t34-/m1/s1. The number of aromatic hydroxyl groups is 1. The highest BCUT2D eigenvalue weighted by molar-refractivity contribution is 5.91. The number of nitrogens with one attached hydrogen (secondary N) is 2. The Bertz CT molecular complexity index is 1580. The van der Waals surface area contributed by atoms with Gasteiger partial charge in [-0.2, -0.15) is 0 Å². The van der Waals surface area contributed by atoms with Gasteiger partial charge in [0.15, 0.2) is 6.10 Å². The minimum Gasteiger partial charge on any atom is -0.507 e. The molecule has 13 nitrogen and oxygen atoms in total. The van der Waals surface area contributed by atoms with Crippen LogP contribution in [0.5, 0.6) is 5.75 Å². The SMILES string of the molecule is C=Cc1cc(C[C@@H](OC(=O)N2CCC(N3CCc4ccccc4NC3=O)CC2)C(=O)N2CCC(C3CCN(CC(=O)NO)CC3)CC2)ccc1O. The predicted molar refractivity (Wildman–Crippen MR) is 191 cm³/mol. The second kappa shape index (κ2) is 16.6. The van der Waals surface area contributed by atoms with Gasteiger partial charge in [0.05, 0.1) is 6.54 Å². The minimum absolute atomic E-state index is 0.0105. The molecule has 2 aromatic carbocycles. The lowest BCUT2D eigenvalue weighted by Gasteiger charge is -2.41. The van der Waals surface area contributed by atoms with Crippen LogP contribution < -0.4 is 10.8 Å². The molecule has 0 saturated carbocycles. The van der Waals surface area contributed by atoms with Gasteiger partial charge in [0, 0.05) is 56.4 Å². The van der Waals surface area contributed by atoms with E-state index in [4.69, 9.17) is 9.94 Å². The molecule has 4 N–H and O–H groups in total. The number of fused-ring (bicyclic) bond motifs is 1. The summed E-state index contributed by atoms with van der Waals surface area (Å²) in [7, 11) is 0. The Hall–Kier alpha value is -4.62. The fourth-order valence-electron chi connectivity index (χ4n) is 8.20. The number of nitrogens with zero attached hydrogens (tertiary/aromatic N) is 4. The van der Waals surface area contributed by atoms with Crippen molar-refractivity contribution < 1.29 is 34.2 Å². The number of para-hydroxylation sites is 1. The first-order valence-electron chi connectivity index (χ1n) is 18.2. The molecule has 3 fully saturated rings. The van der Waals surface area contributed by atoms with Crippen molar-refractivity contribution in [1.29, 1.82) is 0 Å². The summed E-state index contributed by atoms with van der Waals surface area (Å²) >= 11 is 0. The molecule has 274 valence electrons. The summed E-state index contributed by atoms with van der Waals surface area (Å²) in [5, 5.41) is 22.1. The molecule has 5 amide bonds. The van der Waals surface area contributed by atoms with Crippen molar-refractivity contribution >= 4 is 35.7 Å². The van der Waals surface area contributed by atoms with Crippen LogP contribution in [-0.4, -0.2) is 118 Å². The Labute approximate surface area is 299 Å². The summed E-state index contributed by atoms with van der Waals surface area (Å²) in [4.78, 5) is 59.7. The van der Waals surface area contributed by atoms with Gasteiger partial charge in [0.25, 0.3) is 11.8 Å². The van der Waals surface area contributed by atoms with E-state index in [2.05, 4.69) is 11.9 Å². The van der Waals surface area contributed by atoms with Crippen LogP contribution in [-0.2, 0) is 27.2 Å². The van der Waals surface area contributed by atoms with Crippen LogP contribution in [0.4, 0.5) is 15.3 Å². The van der Waals surface area contributed by atoms with Gasteiger partial charge >= 0.3 is 12.1 Å². The molecule has 13 heteroatoms. The Morgan fingerprint density at radius 1 is 0.922 bits per heavy atom. The molecule has 3 saturated heterocycles. The van der Waals surface area contributed by atoms with Gasteiger partial charge in [-0.3, -0.25) is 19.7 Å². The molecule has 6 rings (SSSR count). The van der Waals surface area contributed by atoms with Crippen molar-refractivity contribution in [1.82, 2.24) is 25.1 Å². The van der Waals surface area contributed by atoms with Crippen LogP contribution in [0.2, 0.25) is 0 Å². The number of phenolic OH excluding ortho intramolecular Hbond substituents is 1. The molecule has 0 spiro atoms. The smallest absolute Gasteiger partial charge is 0.410 e. The van der Waals surface area contributed by atoms with Crippen LogP contribution in [0.15, 0.2) is 49.0 Å². The van der Waals surface area contributed by atoms with Crippen LogP contribution in [0.1, 0.15) is 55.2 Å². The maximum absolute atomic E-state index is 14.1. The van der Waals surface area contributed by atoms with E-state index in [-0.39, 0.29) is 36.7 Å². The van der Waals surface area contributed by atoms with Gasteiger partial charge < -0.3 is 29.9 Å². The first-order chi connectivity index (χ1) is 24.7. The monoisotopic (exact) mass is 702 g/mol. The van der Waals surface area contributed by atoms with Gasteiger partial charge in [-0.1, -0.05) is 36.9 Å². The minimum atomic E-state index is -1.04. The highest BCUT2D eigenvalue weighted by atomic mass is 16.6. The van der Waals surface area contributed by atoms with E-state index in [0.29, 0.717) is 63.0 Å². The number of carbonyl (C=O) groups is 4. The van der Waals surface area contributed by atoms with Crippen molar-refractivity contribution in [2.75, 3.05) is 57.7 Å². The number of rotatable bonds is 9. The fourth-order valence-corrected chi connectivity index (χ4v) is 8.20. The number of hydrogen-bond acceptors (Lipinski definition) is 8. The number of anilines is 1. The molecular formula is C38H50N6O7. The Balaban J connectivity index is 1.05. The second-order valence-corrected chi connectivity index (χ2v) is 14.2. The van der Waals surface area contributed by atoms with E-state index in [1.807, 2.05) is 39.0 Å². The third-order valence-electron chi connectivity index (χ3n) is 11.2. The number of likely N-dealkylation sites (tertiary alicyclic amines) is 3. The number of carbonyl (C=O) groups excluding carboxylic acids is 4. The number of benzene rings is 2. The molecular weight excluding hydrogens is 652 g/mol. The lowest BCUT2D eigenvalue weighted by molar-refractivity contribution is -0.142. The second-order valence-electron chi connectivity index (χ2n) is 14.2. The summed E-state index contributed by atoms with van der Waals surface area (Å²) in [6.45, 7) is 8.13. The van der Waals surface area contributed by atoms with Gasteiger partial charge in [-0.25, -0.2) is 15.1 Å². The van der Waals surface area contributed by atoms with E-state index in [1.54, 1.807) is 34.7 Å². The first-order valence-corrected chi connectivity index (χ1v) is 18.2. The van der Waals surface area contributed by atoms with Gasteiger partial charge in [-0.15, -0.1) is 0 Å². The molecule has 51 heavy (non-hydrogen) atoms. The summed E-state index contributed by atoms with van der Waals surface area (Å²) in [6.07, 6.45) is 5.76. The third kappa shape index (κ3) is 8.82. The normalized spacial score (nSPS) is 20.2. The van der Waals surface area contributed by atoms with Gasteiger partial charge in [-0.05, 0) is 99.2 Å². The lowest BCUT2D eigenvalue weighted by Crippen LogP contribution is -2.52. The first kappa shape index (κ1) is 36.2. The zero-order chi connectivity index (χ0) is 35.9. The summed E-state index contributed by atoms with van der Waals surface area (Å²) in [5.41, 5.74) is 4.94. The maximum Gasteiger partial charge on any atom is 0.410 e. The number of hydrogen-bond donors (Lipinski definition) is 4. The van der Waals surface area contributed by atoms with Crippen molar-refractivity contribution in [3.05, 3.63) is 65.7 Å². The zero-order valence-corrected chi connectivity index (χ0v) is 29.2. The molecule has 0 aromatic heterocycles. The van der Waals surface area contributed by atoms with Crippen molar-refractivity contribution in [3.63, 3.8) is 0 Å². The molecule has 4 aliphatic heterocycles. The molecule has 0 aliphatic carbocycles. The molecule has 2 aromatic rings. The predicted octanol–water partition coefficient (Wildman–Crippen LogP) is 4.09. The quantitative estimate of drug-likeness (QED) is 0.225. The Kier molecular flexibility index (Phi) is 11.8. The summed E-state index contributed by atoms with van der Waals surface area (Å²) < 4.78 is 6.03. The highest BCUT2D eigenvalue weighted by Crippen LogP contribution is 2.33. The van der Waals surface area contributed by atoms with E-state index in [0.717, 1.165) is 62.0 Å². The number of phenols is 1. The van der Waals surface area contributed by atoms with E-state index >= 15 is 0 Å². The molecule has 4 heterocycles. The molecule has 0 unspecified atom stereocenters. The van der Waals surface area contributed by atoms with Crippen molar-refractivity contribution in [2.45, 2.75) is 63.5 Å². The summed E-state index contributed by atoms with van der Waals surface area (Å²) in [5.74, 6) is 0.440. The average Bonchev–Trinajstić information content (AvgIpc) is 3.33. The Morgan fingerprint density at radius 2 is 1.59 bits per heavy atom. The van der Waals surface area contributed by atoms with E-state index in [1.165, 1.54) is 0 Å². The number of ether oxygens (including phenoxy) is 1. The number of amides is 5. The fraction of sp³-hybridized carbons (Fsp3) is 0.526. The Morgan fingerprint density at radius 3 is 2.27 bits per heavy atom. The average molecular weight is 703 g/mol. The van der Waals surface area contributed by atoms with Crippen LogP contribution >= 0.6 is 0 Å². The van der Waals surface area contributed by atoms with Crippen molar-refractivity contribution in [2.24, 2.45) is 11.8 Å². The van der Waals surface area contributed by atoms with Crippen LogP contribution in [0, 0.1) is 11.8 Å². The third-order valence-corrected chi connectivity index (χ3v) is 11.2. The lowest BCUT2D eigenvalue weighted by atomic mass is 9.78. The molecule has 0 radical (unpaired) electrons. The highest BCUT2D eigenvalue weighted by Gasteiger charge is 2.37. The van der Waals surface area contributed by atoms with Crippen LogP contribution in [0.3, 0.4) is 0 Å². The molecule has 1 atom stereocenters. The van der Waals surface area contributed by atoms with Gasteiger partial charge in [0.2, 0.25) is 0 Å². The van der Waals surface area contributed by atoms with E-state index < -0.39 is 18.1 Å². The topological polar surface area (TPSA) is 155 Å². The number of urea groups is 1. The largest absolute Gasteiger partial charge is 0.507 e. The molecule has 0 bridgehead atoms. The number of hydroxylamine groups is 1. The number of piperidine rings is 3. The van der Waals surface area contributed by atoms with E-state index in [9.17, 15) is 24.3 Å². The van der Waals surface area contributed by atoms with Crippen LogP contribution in [0.25, 0.3) is 6.08 Å². The zero-order valence-electron chi connectivity index (χ0n) is 29.2. The summed E-state index contributed by atoms with van der Waals surface area (Å²) in [6, 6.07) is 12.8. The molecule has 4 aliphatic rings. The van der Waals surface area contributed by atoms with Crippen molar-refractivity contribution in [3.8, 4) is 5.75 Å². The van der Waals surface area contributed by atoms with Gasteiger partial charge in [0.1, 0.15) is 5.75 Å².